The maximum atomic E-state index is 12.8. The van der Waals surface area contributed by atoms with E-state index in [-0.39, 0.29) is 41.2 Å². The van der Waals surface area contributed by atoms with Gasteiger partial charge in [0.1, 0.15) is 12.2 Å². The highest BCUT2D eigenvalue weighted by molar-refractivity contribution is 5.99. The fraction of sp³-hybridized carbons (Fsp3) is 0.579. The number of fused-ring (bicyclic) bond motifs is 7. The van der Waals surface area contributed by atoms with E-state index in [1.54, 1.807) is 12.2 Å². The molecule has 2 bridgehead atoms. The fourth-order valence-corrected chi connectivity index (χ4v) is 5.89. The number of rotatable bonds is 1. The van der Waals surface area contributed by atoms with E-state index in [0.29, 0.717) is 5.57 Å². The zero-order valence-corrected chi connectivity index (χ0v) is 14.0. The number of hydrogen-bond donors (Lipinski definition) is 0. The molecular formula is C19H22O4. The van der Waals surface area contributed by atoms with E-state index in [2.05, 4.69) is 13.5 Å². The molecule has 2 aliphatic heterocycles. The van der Waals surface area contributed by atoms with Gasteiger partial charge in [-0.1, -0.05) is 25.2 Å². The Labute approximate surface area is 136 Å². The van der Waals surface area contributed by atoms with Crippen LogP contribution in [0.1, 0.15) is 27.7 Å². The summed E-state index contributed by atoms with van der Waals surface area (Å²) < 4.78 is 12.1. The van der Waals surface area contributed by atoms with Gasteiger partial charge in [-0.15, -0.1) is 6.58 Å². The van der Waals surface area contributed by atoms with Gasteiger partial charge in [-0.25, -0.2) is 4.79 Å². The summed E-state index contributed by atoms with van der Waals surface area (Å²) in [6, 6.07) is 0. The third kappa shape index (κ3) is 1.30. The average Bonchev–Trinajstić information content (AvgIpc) is 2.97. The van der Waals surface area contributed by atoms with Crippen LogP contribution in [0.15, 0.2) is 36.5 Å². The van der Waals surface area contributed by atoms with Gasteiger partial charge in [0, 0.05) is 17.3 Å². The van der Waals surface area contributed by atoms with Crippen molar-refractivity contribution in [1.82, 2.24) is 0 Å². The smallest absolute Gasteiger partial charge is 0.336 e. The standard InChI is InChI=1S/C19H22O4/c1-6-10-13-14(22-16(10)21)15-17(3)9-8-12(20)18(4,11(17)7-2)19(15,5)23-13/h6-9,11,13-15H,2H2,1,3-5H3/t11?,13-,14+,15?,17+,18+,19-/m1/s1. The molecule has 2 saturated heterocycles. The van der Waals surface area contributed by atoms with E-state index in [1.165, 1.54) is 0 Å². The number of carbonyl (C=O) groups is 2. The largest absolute Gasteiger partial charge is 0.455 e. The number of hydrogen-bond acceptors (Lipinski definition) is 4. The lowest BCUT2D eigenvalue weighted by atomic mass is 9.62. The van der Waals surface area contributed by atoms with E-state index >= 15 is 0 Å². The normalized spacial score (nSPS) is 55.0. The van der Waals surface area contributed by atoms with Crippen molar-refractivity contribution in [2.45, 2.75) is 45.5 Å². The van der Waals surface area contributed by atoms with Crippen LogP contribution in [-0.2, 0) is 19.1 Å². The molecule has 4 rings (SSSR count). The number of ketones is 1. The maximum Gasteiger partial charge on any atom is 0.336 e. The van der Waals surface area contributed by atoms with Gasteiger partial charge < -0.3 is 9.47 Å². The fourth-order valence-electron chi connectivity index (χ4n) is 5.89. The van der Waals surface area contributed by atoms with Crippen molar-refractivity contribution in [2.75, 3.05) is 0 Å². The Kier molecular flexibility index (Phi) is 2.62. The van der Waals surface area contributed by atoms with Crippen molar-refractivity contribution in [2.24, 2.45) is 22.7 Å². The Morgan fingerprint density at radius 3 is 2.57 bits per heavy atom. The Morgan fingerprint density at radius 2 is 1.96 bits per heavy atom. The average molecular weight is 314 g/mol. The van der Waals surface area contributed by atoms with Crippen molar-refractivity contribution < 1.29 is 19.1 Å². The SMILES string of the molecule is C=CC1[C@]2(C)C=CC(=O)[C@@]1(C)[C@]1(C)O[C@@H]3C(=CC)C(=O)O[C@@H]3C21. The molecule has 1 saturated carbocycles. The van der Waals surface area contributed by atoms with Crippen LogP contribution in [0.25, 0.3) is 0 Å². The Morgan fingerprint density at radius 1 is 1.26 bits per heavy atom. The molecule has 0 aromatic heterocycles. The minimum absolute atomic E-state index is 0.0446. The van der Waals surface area contributed by atoms with Crippen LogP contribution in [0.4, 0.5) is 0 Å². The zero-order valence-electron chi connectivity index (χ0n) is 14.0. The molecule has 122 valence electrons. The highest BCUT2D eigenvalue weighted by atomic mass is 16.6. The first-order valence-corrected chi connectivity index (χ1v) is 8.17. The zero-order chi connectivity index (χ0) is 16.8. The minimum atomic E-state index is -0.696. The van der Waals surface area contributed by atoms with Gasteiger partial charge in [0.05, 0.1) is 16.6 Å². The van der Waals surface area contributed by atoms with E-state index in [0.717, 1.165) is 0 Å². The van der Waals surface area contributed by atoms with E-state index < -0.39 is 11.0 Å². The topological polar surface area (TPSA) is 52.6 Å². The molecule has 7 atom stereocenters. The molecule has 4 heteroatoms. The van der Waals surface area contributed by atoms with E-state index in [1.807, 2.05) is 32.9 Å². The number of carbonyl (C=O) groups excluding carboxylic acids is 2. The second kappa shape index (κ2) is 4.04. The summed E-state index contributed by atoms with van der Waals surface area (Å²) in [5.41, 5.74) is -1.13. The summed E-state index contributed by atoms with van der Waals surface area (Å²) in [6.07, 6.45) is 6.56. The molecule has 2 heterocycles. The summed E-state index contributed by atoms with van der Waals surface area (Å²) in [5, 5.41) is 0. The maximum absolute atomic E-state index is 12.8. The van der Waals surface area contributed by atoms with Gasteiger partial charge in [-0.2, -0.15) is 0 Å². The molecule has 0 aromatic rings. The van der Waals surface area contributed by atoms with Gasteiger partial charge in [-0.05, 0) is 26.8 Å². The molecule has 0 radical (unpaired) electrons. The number of ether oxygens (including phenoxy) is 2. The lowest BCUT2D eigenvalue weighted by Crippen LogP contribution is -2.51. The molecule has 4 aliphatic rings. The van der Waals surface area contributed by atoms with Gasteiger partial charge in [0.25, 0.3) is 0 Å². The molecule has 3 fully saturated rings. The molecule has 2 unspecified atom stereocenters. The van der Waals surface area contributed by atoms with Crippen molar-refractivity contribution in [1.29, 1.82) is 0 Å². The van der Waals surface area contributed by atoms with Gasteiger partial charge in [0.2, 0.25) is 0 Å². The lowest BCUT2D eigenvalue weighted by molar-refractivity contribution is -0.147. The van der Waals surface area contributed by atoms with Crippen LogP contribution in [0.3, 0.4) is 0 Å². The van der Waals surface area contributed by atoms with Gasteiger partial charge in [0.15, 0.2) is 5.78 Å². The van der Waals surface area contributed by atoms with E-state index in [4.69, 9.17) is 9.47 Å². The summed E-state index contributed by atoms with van der Waals surface area (Å²) in [7, 11) is 0. The van der Waals surface area contributed by atoms with Crippen LogP contribution >= 0.6 is 0 Å². The molecular weight excluding hydrogens is 292 g/mol. The van der Waals surface area contributed by atoms with Crippen molar-refractivity contribution in [3.05, 3.63) is 36.5 Å². The molecule has 4 nitrogen and oxygen atoms in total. The summed E-state index contributed by atoms with van der Waals surface area (Å²) in [6.45, 7) is 11.9. The molecule has 2 aliphatic carbocycles. The van der Waals surface area contributed by atoms with Crippen LogP contribution in [0, 0.1) is 22.7 Å². The van der Waals surface area contributed by atoms with Gasteiger partial charge >= 0.3 is 5.97 Å². The highest BCUT2D eigenvalue weighted by Gasteiger charge is 2.79. The Balaban J connectivity index is 1.95. The first-order valence-electron chi connectivity index (χ1n) is 8.17. The quantitative estimate of drug-likeness (QED) is 0.424. The first-order chi connectivity index (χ1) is 10.8. The Hall–Kier alpha value is -1.68. The number of esters is 1. The summed E-state index contributed by atoms with van der Waals surface area (Å²) >= 11 is 0. The van der Waals surface area contributed by atoms with Crippen molar-refractivity contribution in [3.63, 3.8) is 0 Å². The third-order valence-electron chi connectivity index (χ3n) is 7.02. The molecule has 0 amide bonds. The summed E-state index contributed by atoms with van der Waals surface area (Å²) in [5.74, 6) is -0.350. The Bertz CT molecular complexity index is 704. The van der Waals surface area contributed by atoms with Crippen LogP contribution in [0.2, 0.25) is 0 Å². The van der Waals surface area contributed by atoms with Crippen molar-refractivity contribution in [3.8, 4) is 0 Å². The monoisotopic (exact) mass is 314 g/mol. The predicted octanol–water partition coefficient (Wildman–Crippen LogP) is 2.60. The summed E-state index contributed by atoms with van der Waals surface area (Å²) in [4.78, 5) is 25.0. The molecule has 0 spiro atoms. The highest BCUT2D eigenvalue weighted by Crippen LogP contribution is 2.72. The predicted molar refractivity (Wildman–Crippen MR) is 84.5 cm³/mol. The minimum Gasteiger partial charge on any atom is -0.455 e. The number of allylic oxidation sites excluding steroid dienone is 4. The van der Waals surface area contributed by atoms with Gasteiger partial charge in [-0.3, -0.25) is 4.79 Å². The lowest BCUT2D eigenvalue weighted by Gasteiger charge is -2.43. The first kappa shape index (κ1) is 14.9. The second-order valence-electron chi connectivity index (χ2n) is 7.72. The molecule has 0 N–H and O–H groups in total. The van der Waals surface area contributed by atoms with Crippen molar-refractivity contribution >= 4 is 11.8 Å². The third-order valence-corrected chi connectivity index (χ3v) is 7.02. The molecule has 23 heavy (non-hydrogen) atoms. The molecule has 0 aromatic carbocycles. The van der Waals surface area contributed by atoms with Crippen LogP contribution < -0.4 is 0 Å². The second-order valence-corrected chi connectivity index (χ2v) is 7.72. The van der Waals surface area contributed by atoms with E-state index in [9.17, 15) is 9.59 Å². The van der Waals surface area contributed by atoms with Crippen LogP contribution in [-0.4, -0.2) is 29.6 Å². The van der Waals surface area contributed by atoms with Crippen LogP contribution in [0.5, 0.6) is 0 Å².